The van der Waals surface area contributed by atoms with E-state index in [2.05, 4.69) is 5.32 Å². The molecule has 0 saturated carbocycles. The zero-order valence-corrected chi connectivity index (χ0v) is 13.0. The molecule has 2 amide bonds. The largest absolute Gasteiger partial charge is 0.469 e. The standard InChI is InChI=1S/C13H22N2O4S/c1-9-6-15(8-13(9,2)11(16)19-3)12(17)14-10-4-5-20(18)7-10/h9-10H,4-8H2,1-3H3,(H,14,17)/t9-,10+,13-,20-/m1/s1. The summed E-state index contributed by atoms with van der Waals surface area (Å²) in [5.41, 5.74) is -0.648. The van der Waals surface area contributed by atoms with Crippen molar-refractivity contribution in [1.29, 1.82) is 0 Å². The summed E-state index contributed by atoms with van der Waals surface area (Å²) in [4.78, 5) is 25.8. The van der Waals surface area contributed by atoms with Gasteiger partial charge in [-0.05, 0) is 19.3 Å². The van der Waals surface area contributed by atoms with Crippen molar-refractivity contribution in [3.63, 3.8) is 0 Å². The molecule has 20 heavy (non-hydrogen) atoms. The Labute approximate surface area is 121 Å². The fourth-order valence-corrected chi connectivity index (χ4v) is 4.26. The first-order valence-corrected chi connectivity index (χ1v) is 8.34. The first-order valence-electron chi connectivity index (χ1n) is 6.85. The number of amides is 2. The second-order valence-corrected chi connectivity index (χ2v) is 7.56. The highest BCUT2D eigenvalue weighted by atomic mass is 32.2. The number of carbonyl (C=O) groups excluding carboxylic acids is 2. The van der Waals surface area contributed by atoms with Crippen molar-refractivity contribution in [3.05, 3.63) is 0 Å². The predicted octanol–water partition coefficient (Wildman–Crippen LogP) is 0.348. The maximum Gasteiger partial charge on any atom is 0.317 e. The molecule has 114 valence electrons. The number of carbonyl (C=O) groups is 2. The fraction of sp³-hybridized carbons (Fsp3) is 0.846. The topological polar surface area (TPSA) is 75.7 Å². The van der Waals surface area contributed by atoms with E-state index in [9.17, 15) is 13.8 Å². The van der Waals surface area contributed by atoms with Crippen molar-refractivity contribution in [2.45, 2.75) is 26.3 Å². The molecule has 2 aliphatic heterocycles. The molecule has 0 radical (unpaired) electrons. The van der Waals surface area contributed by atoms with Crippen LogP contribution in [0.4, 0.5) is 4.79 Å². The van der Waals surface area contributed by atoms with Gasteiger partial charge < -0.3 is 15.0 Å². The molecule has 2 rings (SSSR count). The normalized spacial score (nSPS) is 37.0. The lowest BCUT2D eigenvalue weighted by molar-refractivity contribution is -0.152. The Morgan fingerprint density at radius 1 is 1.45 bits per heavy atom. The van der Waals surface area contributed by atoms with Crippen molar-refractivity contribution >= 4 is 22.8 Å². The summed E-state index contributed by atoms with van der Waals surface area (Å²) in [5, 5.41) is 2.91. The number of rotatable bonds is 2. The van der Waals surface area contributed by atoms with Gasteiger partial charge in [-0.25, -0.2) is 4.79 Å². The summed E-state index contributed by atoms with van der Waals surface area (Å²) < 4.78 is 16.2. The third-order valence-electron chi connectivity index (χ3n) is 4.45. The van der Waals surface area contributed by atoms with E-state index in [1.165, 1.54) is 7.11 Å². The molecular formula is C13H22N2O4S. The van der Waals surface area contributed by atoms with E-state index >= 15 is 0 Å². The van der Waals surface area contributed by atoms with E-state index in [0.717, 1.165) is 6.42 Å². The average molecular weight is 302 g/mol. The van der Waals surface area contributed by atoms with Gasteiger partial charge in [-0.2, -0.15) is 0 Å². The molecule has 0 unspecified atom stereocenters. The Bertz CT molecular complexity index is 442. The molecule has 2 fully saturated rings. The predicted molar refractivity (Wildman–Crippen MR) is 75.7 cm³/mol. The lowest BCUT2D eigenvalue weighted by Crippen LogP contribution is -2.45. The number of ether oxygens (including phenoxy) is 1. The molecule has 0 aliphatic carbocycles. The highest BCUT2D eigenvalue weighted by Crippen LogP contribution is 2.36. The smallest absolute Gasteiger partial charge is 0.317 e. The summed E-state index contributed by atoms with van der Waals surface area (Å²) in [7, 11) is 0.563. The maximum absolute atomic E-state index is 12.2. The minimum absolute atomic E-state index is 0.0105. The summed E-state index contributed by atoms with van der Waals surface area (Å²) in [6.45, 7) is 4.69. The monoisotopic (exact) mass is 302 g/mol. The number of esters is 1. The molecule has 2 aliphatic rings. The van der Waals surface area contributed by atoms with Gasteiger partial charge in [-0.15, -0.1) is 0 Å². The molecule has 7 heteroatoms. The van der Waals surface area contributed by atoms with Crippen molar-refractivity contribution in [1.82, 2.24) is 10.2 Å². The number of methoxy groups -OCH3 is 1. The molecular weight excluding hydrogens is 280 g/mol. The van der Waals surface area contributed by atoms with Crippen molar-refractivity contribution in [2.24, 2.45) is 11.3 Å². The van der Waals surface area contributed by atoms with E-state index in [-0.39, 0.29) is 24.0 Å². The van der Waals surface area contributed by atoms with Crippen molar-refractivity contribution in [2.75, 3.05) is 31.7 Å². The third-order valence-corrected chi connectivity index (χ3v) is 5.91. The Morgan fingerprint density at radius 2 is 2.15 bits per heavy atom. The minimum atomic E-state index is -0.809. The number of nitrogens with zero attached hydrogens (tertiary/aromatic N) is 1. The number of hydrogen-bond donors (Lipinski definition) is 1. The third kappa shape index (κ3) is 2.82. The van der Waals surface area contributed by atoms with Gasteiger partial charge in [-0.1, -0.05) is 6.92 Å². The van der Waals surface area contributed by atoms with E-state index in [0.29, 0.717) is 24.6 Å². The van der Waals surface area contributed by atoms with Crippen molar-refractivity contribution < 1.29 is 18.5 Å². The Morgan fingerprint density at radius 3 is 2.70 bits per heavy atom. The fourth-order valence-electron chi connectivity index (χ4n) is 2.85. The van der Waals surface area contributed by atoms with Gasteiger partial charge in [0.05, 0.1) is 12.5 Å². The SMILES string of the molecule is COC(=O)[C@]1(C)CN(C(=O)N[C@H]2CC[S@@](=O)C2)C[C@H]1C. The maximum atomic E-state index is 12.2. The molecule has 0 aromatic carbocycles. The lowest BCUT2D eigenvalue weighted by atomic mass is 9.81. The van der Waals surface area contributed by atoms with Crippen LogP contribution < -0.4 is 5.32 Å². The Hall–Kier alpha value is -1.11. The van der Waals surface area contributed by atoms with Crippen LogP contribution in [0.3, 0.4) is 0 Å². The van der Waals surface area contributed by atoms with Crippen LogP contribution in [-0.4, -0.2) is 58.9 Å². The molecule has 2 heterocycles. The van der Waals surface area contributed by atoms with Crippen LogP contribution >= 0.6 is 0 Å². The second kappa shape index (κ2) is 5.71. The average Bonchev–Trinajstić information content (AvgIpc) is 2.94. The van der Waals surface area contributed by atoms with Crippen LogP contribution in [0, 0.1) is 11.3 Å². The molecule has 4 atom stereocenters. The van der Waals surface area contributed by atoms with Crippen LogP contribution in [0.15, 0.2) is 0 Å². The van der Waals surface area contributed by atoms with Crippen LogP contribution in [0.1, 0.15) is 20.3 Å². The van der Waals surface area contributed by atoms with E-state index in [4.69, 9.17) is 4.74 Å². The highest BCUT2D eigenvalue weighted by Gasteiger charge is 2.48. The van der Waals surface area contributed by atoms with Crippen LogP contribution in [0.5, 0.6) is 0 Å². The zero-order valence-electron chi connectivity index (χ0n) is 12.2. The van der Waals surface area contributed by atoms with Crippen LogP contribution in [0.25, 0.3) is 0 Å². The van der Waals surface area contributed by atoms with Gasteiger partial charge in [0, 0.05) is 41.4 Å². The van der Waals surface area contributed by atoms with E-state index in [1.807, 2.05) is 13.8 Å². The molecule has 0 aromatic rings. The van der Waals surface area contributed by atoms with Crippen molar-refractivity contribution in [3.8, 4) is 0 Å². The van der Waals surface area contributed by atoms with Crippen LogP contribution in [0.2, 0.25) is 0 Å². The zero-order chi connectivity index (χ0) is 14.9. The van der Waals surface area contributed by atoms with Crippen LogP contribution in [-0.2, 0) is 20.3 Å². The van der Waals surface area contributed by atoms with Gasteiger partial charge in [0.2, 0.25) is 0 Å². The van der Waals surface area contributed by atoms with Gasteiger partial charge in [0.15, 0.2) is 0 Å². The first kappa shape index (κ1) is 15.3. The molecule has 6 nitrogen and oxygen atoms in total. The minimum Gasteiger partial charge on any atom is -0.469 e. The van der Waals surface area contributed by atoms with Gasteiger partial charge in [0.25, 0.3) is 0 Å². The van der Waals surface area contributed by atoms with E-state index < -0.39 is 16.2 Å². The highest BCUT2D eigenvalue weighted by molar-refractivity contribution is 7.85. The lowest BCUT2D eigenvalue weighted by Gasteiger charge is -2.25. The molecule has 2 saturated heterocycles. The Balaban J connectivity index is 1.96. The Kier molecular flexibility index (Phi) is 4.36. The summed E-state index contributed by atoms with van der Waals surface area (Å²) in [6, 6.07) is -0.183. The quantitative estimate of drug-likeness (QED) is 0.747. The summed E-state index contributed by atoms with van der Waals surface area (Å²) in [5.74, 6) is 0.964. The van der Waals surface area contributed by atoms with Gasteiger partial charge in [-0.3, -0.25) is 9.00 Å². The number of nitrogens with one attached hydrogen (secondary N) is 1. The first-order chi connectivity index (χ1) is 9.36. The van der Waals surface area contributed by atoms with Gasteiger partial charge >= 0.3 is 12.0 Å². The second-order valence-electron chi connectivity index (χ2n) is 5.94. The number of hydrogen-bond acceptors (Lipinski definition) is 4. The van der Waals surface area contributed by atoms with E-state index in [1.54, 1.807) is 4.90 Å². The number of likely N-dealkylation sites (tertiary alicyclic amines) is 1. The molecule has 0 bridgehead atoms. The molecule has 0 aromatic heterocycles. The number of urea groups is 1. The molecule has 1 N–H and O–H groups in total. The van der Waals surface area contributed by atoms with Gasteiger partial charge in [0.1, 0.15) is 0 Å². The molecule has 0 spiro atoms. The summed E-state index contributed by atoms with van der Waals surface area (Å²) in [6.07, 6.45) is 0.760. The summed E-state index contributed by atoms with van der Waals surface area (Å²) >= 11 is 0.